The van der Waals surface area contributed by atoms with Gasteiger partial charge in [0.25, 0.3) is 0 Å². The monoisotopic (exact) mass is 286 g/mol. The van der Waals surface area contributed by atoms with Crippen LogP contribution in [0.1, 0.15) is 20.3 Å². The number of anilines is 1. The Labute approximate surface area is 125 Å². The van der Waals surface area contributed by atoms with Gasteiger partial charge < -0.3 is 10.2 Å². The van der Waals surface area contributed by atoms with Crippen molar-refractivity contribution in [1.82, 2.24) is 5.48 Å². The third kappa shape index (κ3) is 4.28. The van der Waals surface area contributed by atoms with Gasteiger partial charge >= 0.3 is 0 Å². The first-order chi connectivity index (χ1) is 10.1. The van der Waals surface area contributed by atoms with Gasteiger partial charge in [0.2, 0.25) is 5.91 Å². The summed E-state index contributed by atoms with van der Waals surface area (Å²) < 4.78 is 0. The van der Waals surface area contributed by atoms with Gasteiger partial charge in [-0.1, -0.05) is 44.2 Å². The fourth-order valence-corrected chi connectivity index (χ4v) is 2.32. The van der Waals surface area contributed by atoms with E-state index >= 15 is 0 Å². The summed E-state index contributed by atoms with van der Waals surface area (Å²) in [5.74, 6) is 0.320. The topological polar surface area (TPSA) is 50.4 Å². The van der Waals surface area contributed by atoms with Gasteiger partial charge in [-0.25, -0.2) is 0 Å². The normalized spacial score (nSPS) is 12.6. The molecule has 4 heteroatoms. The Morgan fingerprint density at radius 2 is 1.86 bits per heavy atom. The maximum Gasteiger partial charge on any atom is 0.243 e. The summed E-state index contributed by atoms with van der Waals surface area (Å²) in [6.45, 7) is 4.15. The second kappa shape index (κ2) is 7.20. The average molecular weight is 286 g/mol. The molecule has 21 heavy (non-hydrogen) atoms. The largest absolute Gasteiger partial charge is 0.325 e. The van der Waals surface area contributed by atoms with E-state index in [-0.39, 0.29) is 11.9 Å². The molecule has 0 radical (unpaired) electrons. The molecule has 0 spiro atoms. The molecule has 0 saturated carbocycles. The van der Waals surface area contributed by atoms with Crippen molar-refractivity contribution in [2.45, 2.75) is 26.3 Å². The van der Waals surface area contributed by atoms with Gasteiger partial charge in [-0.2, -0.15) is 5.48 Å². The van der Waals surface area contributed by atoms with Gasteiger partial charge in [-0.3, -0.25) is 4.79 Å². The zero-order valence-electron chi connectivity index (χ0n) is 12.7. The number of fused-ring (bicyclic) bond motifs is 1. The molecule has 0 aromatic heterocycles. The molecular weight excluding hydrogens is 264 g/mol. The standard InChI is InChI=1S/C17H22N2O2/c1-12(2)10-16(19-21-3)17(20)18-15-9-8-13-6-4-5-7-14(13)11-15/h4-9,11-12,16,19H,10H2,1-3H3,(H,18,20)/t16-/m0/s1. The van der Waals surface area contributed by atoms with E-state index in [1.165, 1.54) is 7.11 Å². The first-order valence-corrected chi connectivity index (χ1v) is 7.18. The van der Waals surface area contributed by atoms with Crippen LogP contribution in [-0.4, -0.2) is 19.1 Å². The highest BCUT2D eigenvalue weighted by molar-refractivity contribution is 5.97. The third-order valence-corrected chi connectivity index (χ3v) is 3.30. The summed E-state index contributed by atoms with van der Waals surface area (Å²) >= 11 is 0. The van der Waals surface area contributed by atoms with Crippen LogP contribution in [0.3, 0.4) is 0 Å². The van der Waals surface area contributed by atoms with Crippen molar-refractivity contribution in [1.29, 1.82) is 0 Å². The summed E-state index contributed by atoms with van der Waals surface area (Å²) in [7, 11) is 1.52. The van der Waals surface area contributed by atoms with E-state index in [0.717, 1.165) is 16.5 Å². The van der Waals surface area contributed by atoms with Crippen molar-refractivity contribution in [2.75, 3.05) is 12.4 Å². The van der Waals surface area contributed by atoms with Gasteiger partial charge in [0, 0.05) is 5.69 Å². The molecule has 2 rings (SSSR count). The number of hydroxylamine groups is 1. The van der Waals surface area contributed by atoms with E-state index in [4.69, 9.17) is 4.84 Å². The van der Waals surface area contributed by atoms with E-state index in [1.54, 1.807) is 0 Å². The molecule has 2 aromatic carbocycles. The van der Waals surface area contributed by atoms with Crippen LogP contribution in [0, 0.1) is 5.92 Å². The highest BCUT2D eigenvalue weighted by Crippen LogP contribution is 2.19. The molecule has 0 bridgehead atoms. The Balaban J connectivity index is 2.11. The maximum absolute atomic E-state index is 12.3. The van der Waals surface area contributed by atoms with Gasteiger partial charge in [0.05, 0.1) is 7.11 Å². The van der Waals surface area contributed by atoms with Crippen molar-refractivity contribution in [3.05, 3.63) is 42.5 Å². The Bertz CT molecular complexity index is 611. The molecule has 4 nitrogen and oxygen atoms in total. The van der Waals surface area contributed by atoms with Crippen molar-refractivity contribution >= 4 is 22.4 Å². The second-order valence-corrected chi connectivity index (χ2v) is 5.56. The van der Waals surface area contributed by atoms with Gasteiger partial charge in [-0.15, -0.1) is 0 Å². The highest BCUT2D eigenvalue weighted by Gasteiger charge is 2.19. The molecule has 0 heterocycles. The highest BCUT2D eigenvalue weighted by atomic mass is 16.6. The number of carbonyl (C=O) groups excluding carboxylic acids is 1. The van der Waals surface area contributed by atoms with Crippen molar-refractivity contribution in [2.24, 2.45) is 5.92 Å². The minimum Gasteiger partial charge on any atom is -0.325 e. The summed E-state index contributed by atoms with van der Waals surface area (Å²) in [6, 6.07) is 13.6. The summed E-state index contributed by atoms with van der Waals surface area (Å²) in [5, 5.41) is 5.21. The van der Waals surface area contributed by atoms with Crippen molar-refractivity contribution in [3.63, 3.8) is 0 Å². The zero-order chi connectivity index (χ0) is 15.2. The van der Waals surface area contributed by atoms with E-state index in [9.17, 15) is 4.79 Å². The van der Waals surface area contributed by atoms with Crippen molar-refractivity contribution < 1.29 is 9.63 Å². The molecule has 0 fully saturated rings. The van der Waals surface area contributed by atoms with Crippen LogP contribution in [0.15, 0.2) is 42.5 Å². The SMILES string of the molecule is CON[C@@H](CC(C)C)C(=O)Nc1ccc2ccccc2c1. The Morgan fingerprint density at radius 3 is 2.52 bits per heavy atom. The van der Waals surface area contributed by atoms with Gasteiger partial charge in [-0.05, 0) is 35.2 Å². The molecule has 2 N–H and O–H groups in total. The van der Waals surface area contributed by atoms with Crippen LogP contribution in [0.4, 0.5) is 5.69 Å². The smallest absolute Gasteiger partial charge is 0.243 e. The third-order valence-electron chi connectivity index (χ3n) is 3.30. The molecule has 0 aliphatic carbocycles. The number of hydrogen-bond acceptors (Lipinski definition) is 3. The lowest BCUT2D eigenvalue weighted by Gasteiger charge is -2.18. The lowest BCUT2D eigenvalue weighted by molar-refractivity contribution is -0.122. The Kier molecular flexibility index (Phi) is 5.31. The van der Waals surface area contributed by atoms with Crippen LogP contribution in [-0.2, 0) is 9.63 Å². The van der Waals surface area contributed by atoms with E-state index in [0.29, 0.717) is 12.3 Å². The molecular formula is C17H22N2O2. The van der Waals surface area contributed by atoms with Crippen LogP contribution >= 0.6 is 0 Å². The number of amides is 1. The van der Waals surface area contributed by atoms with Crippen LogP contribution < -0.4 is 10.8 Å². The Morgan fingerprint density at radius 1 is 1.14 bits per heavy atom. The molecule has 0 unspecified atom stereocenters. The van der Waals surface area contributed by atoms with Crippen LogP contribution in [0.25, 0.3) is 10.8 Å². The lowest BCUT2D eigenvalue weighted by atomic mass is 10.0. The molecule has 1 atom stereocenters. The minimum atomic E-state index is -0.360. The Hall–Kier alpha value is -1.91. The lowest BCUT2D eigenvalue weighted by Crippen LogP contribution is -2.40. The first kappa shape index (κ1) is 15.5. The van der Waals surface area contributed by atoms with E-state index in [2.05, 4.69) is 30.7 Å². The molecule has 0 aliphatic rings. The number of rotatable bonds is 6. The molecule has 2 aromatic rings. The van der Waals surface area contributed by atoms with Gasteiger partial charge in [0.1, 0.15) is 6.04 Å². The summed E-state index contributed by atoms with van der Waals surface area (Å²) in [6.07, 6.45) is 0.716. The zero-order valence-corrected chi connectivity index (χ0v) is 12.7. The fraction of sp³-hybridized carbons (Fsp3) is 0.353. The number of hydrogen-bond donors (Lipinski definition) is 2. The first-order valence-electron chi connectivity index (χ1n) is 7.18. The van der Waals surface area contributed by atoms with E-state index < -0.39 is 0 Å². The quantitative estimate of drug-likeness (QED) is 0.801. The van der Waals surface area contributed by atoms with E-state index in [1.807, 2.05) is 36.4 Å². The molecule has 1 amide bonds. The summed E-state index contributed by atoms with van der Waals surface area (Å²) in [4.78, 5) is 17.2. The number of nitrogens with one attached hydrogen (secondary N) is 2. The molecule has 112 valence electrons. The number of carbonyl (C=O) groups is 1. The van der Waals surface area contributed by atoms with Crippen LogP contribution in [0.2, 0.25) is 0 Å². The predicted molar refractivity (Wildman–Crippen MR) is 86.0 cm³/mol. The fourth-order valence-electron chi connectivity index (χ4n) is 2.32. The van der Waals surface area contributed by atoms with Gasteiger partial charge in [0.15, 0.2) is 0 Å². The minimum absolute atomic E-state index is 0.0826. The second-order valence-electron chi connectivity index (χ2n) is 5.56. The number of benzene rings is 2. The predicted octanol–water partition coefficient (Wildman–Crippen LogP) is 3.34. The van der Waals surface area contributed by atoms with Crippen LogP contribution in [0.5, 0.6) is 0 Å². The average Bonchev–Trinajstić information content (AvgIpc) is 2.46. The molecule has 0 aliphatic heterocycles. The summed E-state index contributed by atoms with van der Waals surface area (Å²) in [5.41, 5.74) is 3.56. The maximum atomic E-state index is 12.3. The molecule has 0 saturated heterocycles. The van der Waals surface area contributed by atoms with Crippen molar-refractivity contribution in [3.8, 4) is 0 Å².